The van der Waals surface area contributed by atoms with E-state index in [1.165, 1.54) is 12.4 Å². The van der Waals surface area contributed by atoms with Crippen LogP contribution in [-0.4, -0.2) is 38.7 Å². The van der Waals surface area contributed by atoms with Gasteiger partial charge < -0.3 is 4.90 Å². The Kier molecular flexibility index (Phi) is 6.70. The lowest BCUT2D eigenvalue weighted by Gasteiger charge is -2.33. The molecule has 1 amide bonds. The van der Waals surface area contributed by atoms with Gasteiger partial charge in [0.25, 0.3) is 0 Å². The number of alkyl halides is 3. The van der Waals surface area contributed by atoms with E-state index in [2.05, 4.69) is 10.1 Å². The molecule has 3 rings (SSSR count). The maximum Gasteiger partial charge on any atom is 0.416 e. The van der Waals surface area contributed by atoms with E-state index in [9.17, 15) is 18.0 Å². The number of aromatic nitrogens is 3. The molecule has 0 bridgehead atoms. The van der Waals surface area contributed by atoms with Crippen LogP contribution in [0.3, 0.4) is 0 Å². The van der Waals surface area contributed by atoms with Gasteiger partial charge in [0.2, 0.25) is 5.91 Å². The van der Waals surface area contributed by atoms with Gasteiger partial charge in [-0.2, -0.15) is 18.3 Å². The van der Waals surface area contributed by atoms with Crippen molar-refractivity contribution < 1.29 is 18.0 Å². The minimum Gasteiger partial charge on any atom is -0.342 e. The maximum atomic E-state index is 13.1. The van der Waals surface area contributed by atoms with Crippen LogP contribution >= 0.6 is 0 Å². The van der Waals surface area contributed by atoms with Gasteiger partial charge in [-0.1, -0.05) is 18.2 Å². The Balaban J connectivity index is 1.48. The lowest BCUT2D eigenvalue weighted by molar-refractivity contribution is -0.138. The summed E-state index contributed by atoms with van der Waals surface area (Å²) in [6.45, 7) is 2.02. The van der Waals surface area contributed by atoms with Crippen LogP contribution in [0, 0.1) is 5.92 Å². The maximum absolute atomic E-state index is 13.1. The van der Waals surface area contributed by atoms with Gasteiger partial charge in [0.15, 0.2) is 0 Å². The van der Waals surface area contributed by atoms with Crippen LogP contribution < -0.4 is 0 Å². The number of carbonyl (C=O) groups excluding carboxylic acids is 1. The zero-order valence-electron chi connectivity index (χ0n) is 15.7. The smallest absolute Gasteiger partial charge is 0.342 e. The first-order chi connectivity index (χ1) is 13.4. The fourth-order valence-electron chi connectivity index (χ4n) is 3.80. The van der Waals surface area contributed by atoms with Gasteiger partial charge in [0.05, 0.1) is 5.56 Å². The molecular formula is C20H25F3N4O. The van der Waals surface area contributed by atoms with Crippen molar-refractivity contribution in [2.45, 2.75) is 51.2 Å². The average Bonchev–Trinajstić information content (AvgIpc) is 3.19. The fourth-order valence-corrected chi connectivity index (χ4v) is 3.80. The van der Waals surface area contributed by atoms with Crippen molar-refractivity contribution in [1.82, 2.24) is 19.7 Å². The third kappa shape index (κ3) is 5.56. The molecule has 5 nitrogen and oxygen atoms in total. The number of hydrogen-bond acceptors (Lipinski definition) is 3. The van der Waals surface area contributed by atoms with Crippen LogP contribution in [-0.2, 0) is 23.9 Å². The van der Waals surface area contributed by atoms with Gasteiger partial charge in [-0.3, -0.25) is 9.48 Å². The minimum absolute atomic E-state index is 0.112. The Bertz CT molecular complexity index is 761. The number of rotatable bonds is 7. The molecule has 2 aromatic rings. The number of amides is 1. The molecular weight excluding hydrogens is 369 g/mol. The predicted molar refractivity (Wildman–Crippen MR) is 98.3 cm³/mol. The molecule has 1 aromatic carbocycles. The van der Waals surface area contributed by atoms with Crippen LogP contribution in [0.4, 0.5) is 13.2 Å². The van der Waals surface area contributed by atoms with Crippen molar-refractivity contribution >= 4 is 5.91 Å². The van der Waals surface area contributed by atoms with E-state index in [-0.39, 0.29) is 11.8 Å². The number of benzene rings is 1. The second kappa shape index (κ2) is 9.21. The highest BCUT2D eigenvalue weighted by atomic mass is 19.4. The summed E-state index contributed by atoms with van der Waals surface area (Å²) in [5, 5.41) is 4.02. The van der Waals surface area contributed by atoms with E-state index in [1.54, 1.807) is 23.1 Å². The lowest BCUT2D eigenvalue weighted by atomic mass is 9.90. The number of piperidine rings is 1. The molecule has 1 fully saturated rings. The van der Waals surface area contributed by atoms with Crippen molar-refractivity contribution in [2.24, 2.45) is 5.92 Å². The standard InChI is InChI=1S/C20H25F3N4O/c21-20(22,23)18-7-2-1-6-17(18)10-9-16-5-3-11-26(13-16)19(28)8-4-12-27-15-24-14-25-27/h1-2,6-7,14-16H,3-5,8-13H2. The molecule has 1 unspecified atom stereocenters. The van der Waals surface area contributed by atoms with Gasteiger partial charge >= 0.3 is 6.18 Å². The SMILES string of the molecule is O=C(CCCn1cncn1)N1CCCC(CCc2ccccc2C(F)(F)F)C1. The van der Waals surface area contributed by atoms with Crippen LogP contribution in [0.15, 0.2) is 36.9 Å². The summed E-state index contributed by atoms with van der Waals surface area (Å²) in [4.78, 5) is 18.2. The average molecular weight is 394 g/mol. The number of hydrogen-bond donors (Lipinski definition) is 0. The molecule has 152 valence electrons. The first-order valence-corrected chi connectivity index (χ1v) is 9.69. The molecule has 0 aliphatic carbocycles. The van der Waals surface area contributed by atoms with Crippen LogP contribution in [0.5, 0.6) is 0 Å². The fraction of sp³-hybridized carbons (Fsp3) is 0.550. The van der Waals surface area contributed by atoms with E-state index in [0.717, 1.165) is 25.5 Å². The van der Waals surface area contributed by atoms with Crippen molar-refractivity contribution in [1.29, 1.82) is 0 Å². The summed E-state index contributed by atoms with van der Waals surface area (Å²) in [6.07, 6.45) is 2.82. The third-order valence-electron chi connectivity index (χ3n) is 5.26. The first kappa shape index (κ1) is 20.4. The Morgan fingerprint density at radius 3 is 2.82 bits per heavy atom. The zero-order valence-corrected chi connectivity index (χ0v) is 15.7. The second-order valence-corrected chi connectivity index (χ2v) is 7.30. The van der Waals surface area contributed by atoms with E-state index in [0.29, 0.717) is 44.3 Å². The monoisotopic (exact) mass is 394 g/mol. The molecule has 1 aromatic heterocycles. The number of nitrogens with zero attached hydrogens (tertiary/aromatic N) is 4. The van der Waals surface area contributed by atoms with Crippen molar-refractivity contribution in [3.63, 3.8) is 0 Å². The summed E-state index contributed by atoms with van der Waals surface area (Å²) in [7, 11) is 0. The molecule has 28 heavy (non-hydrogen) atoms. The Morgan fingerprint density at radius 1 is 1.25 bits per heavy atom. The highest BCUT2D eigenvalue weighted by Crippen LogP contribution is 2.33. The van der Waals surface area contributed by atoms with E-state index < -0.39 is 11.7 Å². The predicted octanol–water partition coefficient (Wildman–Crippen LogP) is 3.95. The van der Waals surface area contributed by atoms with Crippen LogP contribution in [0.25, 0.3) is 0 Å². The minimum atomic E-state index is -4.32. The molecule has 8 heteroatoms. The molecule has 0 N–H and O–H groups in total. The molecule has 2 heterocycles. The van der Waals surface area contributed by atoms with E-state index >= 15 is 0 Å². The highest BCUT2D eigenvalue weighted by Gasteiger charge is 2.33. The van der Waals surface area contributed by atoms with Crippen LogP contribution in [0.1, 0.15) is 43.2 Å². The molecule has 0 saturated carbocycles. The van der Waals surface area contributed by atoms with Crippen molar-refractivity contribution in [2.75, 3.05) is 13.1 Å². The molecule has 1 atom stereocenters. The summed E-state index contributed by atoms with van der Waals surface area (Å²) in [5.41, 5.74) is -0.210. The Morgan fingerprint density at radius 2 is 2.07 bits per heavy atom. The summed E-state index contributed by atoms with van der Waals surface area (Å²) >= 11 is 0. The van der Waals surface area contributed by atoms with Crippen molar-refractivity contribution in [3.05, 3.63) is 48.0 Å². The molecule has 1 aliphatic heterocycles. The van der Waals surface area contributed by atoms with Gasteiger partial charge in [0.1, 0.15) is 12.7 Å². The summed E-state index contributed by atoms with van der Waals surface area (Å²) in [5.74, 6) is 0.356. The highest BCUT2D eigenvalue weighted by molar-refractivity contribution is 5.76. The number of likely N-dealkylation sites (tertiary alicyclic amines) is 1. The number of aryl methyl sites for hydroxylation is 2. The van der Waals surface area contributed by atoms with Crippen LogP contribution in [0.2, 0.25) is 0 Å². The summed E-state index contributed by atoms with van der Waals surface area (Å²) < 4.78 is 41.1. The molecule has 1 aliphatic rings. The quantitative estimate of drug-likeness (QED) is 0.715. The largest absolute Gasteiger partial charge is 0.416 e. The topological polar surface area (TPSA) is 51.0 Å². The number of halogens is 3. The lowest BCUT2D eigenvalue weighted by Crippen LogP contribution is -2.40. The zero-order chi connectivity index (χ0) is 20.0. The molecule has 0 radical (unpaired) electrons. The normalized spacial score (nSPS) is 17.7. The van der Waals surface area contributed by atoms with Gasteiger partial charge in [-0.15, -0.1) is 0 Å². The summed E-state index contributed by atoms with van der Waals surface area (Å²) in [6, 6.07) is 5.77. The third-order valence-corrected chi connectivity index (χ3v) is 5.26. The molecule has 1 saturated heterocycles. The number of carbonyl (C=O) groups is 1. The molecule has 0 spiro atoms. The van der Waals surface area contributed by atoms with Gasteiger partial charge in [-0.05, 0) is 49.7 Å². The Labute approximate surface area is 162 Å². The first-order valence-electron chi connectivity index (χ1n) is 9.69. The second-order valence-electron chi connectivity index (χ2n) is 7.30. The Hall–Kier alpha value is -2.38. The van der Waals surface area contributed by atoms with E-state index in [1.807, 2.05) is 4.90 Å². The van der Waals surface area contributed by atoms with Gasteiger partial charge in [0, 0.05) is 26.1 Å². The van der Waals surface area contributed by atoms with Crippen molar-refractivity contribution in [3.8, 4) is 0 Å². The van der Waals surface area contributed by atoms with E-state index in [4.69, 9.17) is 0 Å². The van der Waals surface area contributed by atoms with Gasteiger partial charge in [-0.25, -0.2) is 4.98 Å².